The molecule has 1 aromatic heterocycles. The number of halogens is 2. The van der Waals surface area contributed by atoms with Gasteiger partial charge in [0.15, 0.2) is 5.16 Å². The number of H-pyrrole nitrogens is 1. The number of aromatic nitrogens is 2. The lowest BCUT2D eigenvalue weighted by atomic mass is 10.1. The first-order valence-electron chi connectivity index (χ1n) is 9.69. The highest BCUT2D eigenvalue weighted by molar-refractivity contribution is 7.99. The van der Waals surface area contributed by atoms with E-state index in [1.807, 2.05) is 48.5 Å². The van der Waals surface area contributed by atoms with Gasteiger partial charge in [0.2, 0.25) is 5.91 Å². The van der Waals surface area contributed by atoms with E-state index in [0.29, 0.717) is 27.9 Å². The molecule has 0 saturated heterocycles. The van der Waals surface area contributed by atoms with Crippen LogP contribution in [0.3, 0.4) is 0 Å². The van der Waals surface area contributed by atoms with Gasteiger partial charge in [-0.2, -0.15) is 0 Å². The topological polar surface area (TPSA) is 57.8 Å². The van der Waals surface area contributed by atoms with Crippen LogP contribution in [0.2, 0.25) is 10.0 Å². The van der Waals surface area contributed by atoms with Crippen LogP contribution >= 0.6 is 35.0 Å². The van der Waals surface area contributed by atoms with Crippen molar-refractivity contribution in [3.05, 3.63) is 88.9 Å². The Balaban J connectivity index is 1.46. The van der Waals surface area contributed by atoms with Crippen LogP contribution in [0.4, 0.5) is 5.69 Å². The summed E-state index contributed by atoms with van der Waals surface area (Å²) in [5.41, 5.74) is 4.47. The summed E-state index contributed by atoms with van der Waals surface area (Å²) in [6, 6.07) is 25.1. The van der Waals surface area contributed by atoms with Crippen LogP contribution < -0.4 is 5.32 Å². The maximum absolute atomic E-state index is 12.3. The summed E-state index contributed by atoms with van der Waals surface area (Å²) in [5, 5.41) is 4.55. The van der Waals surface area contributed by atoms with Gasteiger partial charge in [-0.15, -0.1) is 0 Å². The fourth-order valence-corrected chi connectivity index (χ4v) is 4.23. The molecule has 4 nitrogen and oxygen atoms in total. The Morgan fingerprint density at radius 2 is 1.61 bits per heavy atom. The normalized spacial score (nSPS) is 10.8. The number of nitrogens with zero attached hydrogens (tertiary/aromatic N) is 1. The van der Waals surface area contributed by atoms with Crippen molar-refractivity contribution in [3.63, 3.8) is 0 Å². The summed E-state index contributed by atoms with van der Waals surface area (Å²) in [5.74, 6) is 0.440. The molecule has 0 bridgehead atoms. The van der Waals surface area contributed by atoms with Gasteiger partial charge in [0, 0.05) is 28.3 Å². The second-order valence-electron chi connectivity index (χ2n) is 6.77. The van der Waals surface area contributed by atoms with Gasteiger partial charge < -0.3 is 10.3 Å². The van der Waals surface area contributed by atoms with Gasteiger partial charge in [-0.3, -0.25) is 4.79 Å². The molecule has 7 heteroatoms. The number of thioether (sulfide) groups is 1. The van der Waals surface area contributed by atoms with Crippen LogP contribution in [0, 0.1) is 0 Å². The molecular formula is C24H19Cl2N3OS. The van der Waals surface area contributed by atoms with Gasteiger partial charge in [0.1, 0.15) is 0 Å². The van der Waals surface area contributed by atoms with Gasteiger partial charge in [0.25, 0.3) is 0 Å². The van der Waals surface area contributed by atoms with Crippen LogP contribution in [0.5, 0.6) is 0 Å². The summed E-state index contributed by atoms with van der Waals surface area (Å²) in [7, 11) is 0. The largest absolute Gasteiger partial charge is 0.332 e. The highest BCUT2D eigenvalue weighted by Crippen LogP contribution is 2.33. The number of amides is 1. The predicted octanol–water partition coefficient (Wildman–Crippen LogP) is 7.17. The molecule has 1 amide bonds. The van der Waals surface area contributed by atoms with E-state index in [1.165, 1.54) is 11.8 Å². The van der Waals surface area contributed by atoms with Crippen molar-refractivity contribution in [1.82, 2.24) is 9.97 Å². The zero-order valence-electron chi connectivity index (χ0n) is 16.4. The van der Waals surface area contributed by atoms with Gasteiger partial charge in [-0.25, -0.2) is 4.98 Å². The molecule has 0 aliphatic heterocycles. The minimum atomic E-state index is -0.130. The van der Waals surface area contributed by atoms with E-state index in [1.54, 1.807) is 18.2 Å². The quantitative estimate of drug-likeness (QED) is 0.283. The minimum Gasteiger partial charge on any atom is -0.332 e. The Morgan fingerprint density at radius 1 is 0.935 bits per heavy atom. The Kier molecular flexibility index (Phi) is 6.97. The Morgan fingerprint density at radius 3 is 2.32 bits per heavy atom. The van der Waals surface area contributed by atoms with Crippen molar-refractivity contribution in [1.29, 1.82) is 0 Å². The van der Waals surface area contributed by atoms with Gasteiger partial charge in [0.05, 0.1) is 22.1 Å². The molecule has 0 saturated carbocycles. The number of hydrogen-bond donors (Lipinski definition) is 2. The van der Waals surface area contributed by atoms with Gasteiger partial charge >= 0.3 is 0 Å². The summed E-state index contributed by atoms with van der Waals surface area (Å²) in [6.07, 6.45) is 0.315. The van der Waals surface area contributed by atoms with Crippen LogP contribution in [-0.2, 0) is 4.79 Å². The van der Waals surface area contributed by atoms with Crippen LogP contribution in [0.25, 0.3) is 22.5 Å². The standard InChI is InChI=1S/C24H19Cl2N3OS/c25-18-11-12-19(26)20(15-18)27-21(30)13-14-31-24-28-22(16-7-3-1-4-8-16)23(29-24)17-9-5-2-6-10-17/h1-12,15H,13-14H2,(H,27,30)(H,28,29). The smallest absolute Gasteiger partial charge is 0.225 e. The number of hydrogen-bond acceptors (Lipinski definition) is 3. The molecule has 3 aromatic carbocycles. The van der Waals surface area contributed by atoms with Crippen molar-refractivity contribution in [2.75, 3.05) is 11.1 Å². The highest BCUT2D eigenvalue weighted by atomic mass is 35.5. The van der Waals surface area contributed by atoms with E-state index in [0.717, 1.165) is 27.7 Å². The maximum Gasteiger partial charge on any atom is 0.225 e. The zero-order chi connectivity index (χ0) is 21.6. The van der Waals surface area contributed by atoms with E-state index >= 15 is 0 Å². The third kappa shape index (κ3) is 5.50. The van der Waals surface area contributed by atoms with Crippen molar-refractivity contribution in [2.45, 2.75) is 11.6 Å². The molecule has 0 radical (unpaired) electrons. The van der Waals surface area contributed by atoms with Gasteiger partial charge in [-0.05, 0) is 18.2 Å². The zero-order valence-corrected chi connectivity index (χ0v) is 18.8. The third-order valence-electron chi connectivity index (χ3n) is 4.56. The number of benzene rings is 3. The van der Waals surface area contributed by atoms with Crippen molar-refractivity contribution in [2.24, 2.45) is 0 Å². The van der Waals surface area contributed by atoms with Crippen molar-refractivity contribution >= 4 is 46.6 Å². The molecule has 2 N–H and O–H groups in total. The first kappa shape index (κ1) is 21.5. The number of carbonyl (C=O) groups is 1. The number of nitrogens with one attached hydrogen (secondary N) is 2. The average molecular weight is 468 g/mol. The van der Waals surface area contributed by atoms with Gasteiger partial charge in [-0.1, -0.05) is 95.6 Å². The molecule has 0 spiro atoms. The second-order valence-corrected chi connectivity index (χ2v) is 8.70. The van der Waals surface area contributed by atoms with E-state index in [4.69, 9.17) is 28.2 Å². The summed E-state index contributed by atoms with van der Waals surface area (Å²) >= 11 is 13.6. The fourth-order valence-electron chi connectivity index (χ4n) is 3.08. The number of carbonyl (C=O) groups excluding carboxylic acids is 1. The average Bonchev–Trinajstić information content (AvgIpc) is 3.22. The van der Waals surface area contributed by atoms with E-state index in [9.17, 15) is 4.79 Å². The second kappa shape index (κ2) is 10.1. The molecule has 0 aliphatic carbocycles. The molecule has 1 heterocycles. The Labute approximate surface area is 195 Å². The van der Waals surface area contributed by atoms with E-state index in [-0.39, 0.29) is 5.91 Å². The Hall–Kier alpha value is -2.73. The lowest BCUT2D eigenvalue weighted by molar-refractivity contribution is -0.115. The first-order chi connectivity index (χ1) is 15.1. The first-order valence-corrected chi connectivity index (χ1v) is 11.4. The fraction of sp³-hybridized carbons (Fsp3) is 0.0833. The molecule has 31 heavy (non-hydrogen) atoms. The van der Waals surface area contributed by atoms with E-state index in [2.05, 4.69) is 22.4 Å². The summed E-state index contributed by atoms with van der Waals surface area (Å²) < 4.78 is 0. The highest BCUT2D eigenvalue weighted by Gasteiger charge is 2.15. The molecular weight excluding hydrogens is 449 g/mol. The minimum absolute atomic E-state index is 0.130. The van der Waals surface area contributed by atoms with Crippen molar-refractivity contribution < 1.29 is 4.79 Å². The SMILES string of the molecule is O=C(CCSc1nc(-c2ccccc2)c(-c2ccccc2)[nH]1)Nc1cc(Cl)ccc1Cl. The lowest BCUT2D eigenvalue weighted by Crippen LogP contribution is -2.12. The number of rotatable bonds is 7. The van der Waals surface area contributed by atoms with Crippen molar-refractivity contribution in [3.8, 4) is 22.5 Å². The molecule has 0 atom stereocenters. The number of anilines is 1. The third-order valence-corrected chi connectivity index (χ3v) is 6.00. The summed E-state index contributed by atoms with van der Waals surface area (Å²) in [4.78, 5) is 20.5. The summed E-state index contributed by atoms with van der Waals surface area (Å²) in [6.45, 7) is 0. The van der Waals surface area contributed by atoms with Crippen LogP contribution in [0.1, 0.15) is 6.42 Å². The maximum atomic E-state index is 12.3. The Bertz CT molecular complexity index is 1120. The van der Waals surface area contributed by atoms with Crippen LogP contribution in [-0.4, -0.2) is 21.6 Å². The predicted molar refractivity (Wildman–Crippen MR) is 130 cm³/mol. The lowest BCUT2D eigenvalue weighted by Gasteiger charge is -2.07. The molecule has 156 valence electrons. The molecule has 0 aliphatic rings. The molecule has 0 unspecified atom stereocenters. The number of aromatic amines is 1. The molecule has 0 fully saturated rings. The molecule has 4 rings (SSSR count). The molecule has 4 aromatic rings. The monoisotopic (exact) mass is 467 g/mol. The van der Waals surface area contributed by atoms with Crippen LogP contribution in [0.15, 0.2) is 84.0 Å². The van der Waals surface area contributed by atoms with E-state index < -0.39 is 0 Å². The number of imidazole rings is 1.